The minimum Gasteiger partial charge on any atom is -0.157 e. The summed E-state index contributed by atoms with van der Waals surface area (Å²) in [7, 11) is 0. The summed E-state index contributed by atoms with van der Waals surface area (Å²) >= 11 is 9.89. The van der Waals surface area contributed by atoms with Gasteiger partial charge < -0.3 is 0 Å². The van der Waals surface area contributed by atoms with Gasteiger partial charge in [-0.25, -0.2) is 0 Å². The van der Waals surface area contributed by atoms with Gasteiger partial charge in [0.1, 0.15) is 0 Å². The van der Waals surface area contributed by atoms with Crippen molar-refractivity contribution < 1.29 is 0 Å². The summed E-state index contributed by atoms with van der Waals surface area (Å²) < 4.78 is 0. The van der Waals surface area contributed by atoms with E-state index in [1.54, 1.807) is 6.20 Å². The third kappa shape index (κ3) is 2.43. The molecule has 1 heterocycles. The molecular weight excluding hydrogens is 336 g/mol. The number of nitrogens with zero attached hydrogens (tertiary/aromatic N) is 2. The van der Waals surface area contributed by atoms with Crippen LogP contribution in [0.2, 0.25) is 5.02 Å². The number of hydrogen-bond donors (Lipinski definition) is 0. The Balaban J connectivity index is 2.34. The average molecular weight is 348 g/mol. The Morgan fingerprint density at radius 3 is 2.60 bits per heavy atom. The van der Waals surface area contributed by atoms with Gasteiger partial charge in [-0.3, -0.25) is 0 Å². The van der Waals surface area contributed by atoms with Gasteiger partial charge in [-0.1, -0.05) is 57.9 Å². The molecule has 0 fully saturated rings. The Hall–Kier alpha value is -1.45. The van der Waals surface area contributed by atoms with Gasteiger partial charge in [-0.2, -0.15) is 10.2 Å². The number of rotatable bonds is 2. The van der Waals surface area contributed by atoms with E-state index in [2.05, 4.69) is 57.3 Å². The first-order chi connectivity index (χ1) is 9.66. The first-order valence-electron chi connectivity index (χ1n) is 6.31. The Labute approximate surface area is 130 Å². The van der Waals surface area contributed by atoms with Gasteiger partial charge in [-0.15, -0.1) is 0 Å². The molecule has 0 bridgehead atoms. The van der Waals surface area contributed by atoms with Crippen LogP contribution in [0.1, 0.15) is 17.3 Å². The molecule has 20 heavy (non-hydrogen) atoms. The lowest BCUT2D eigenvalue weighted by atomic mass is 9.96. The Bertz CT molecular complexity index is 757. The van der Waals surface area contributed by atoms with Crippen LogP contribution in [-0.2, 0) is 0 Å². The highest BCUT2D eigenvalue weighted by atomic mass is 79.9. The maximum atomic E-state index is 6.23. The second-order valence-corrected chi connectivity index (χ2v) is 6.41. The SMILES string of the molecule is CC(Br)c1cc2nncc(Cl)c2cc1-c1ccccc1. The van der Waals surface area contributed by atoms with Crippen molar-refractivity contribution in [2.45, 2.75) is 11.8 Å². The third-order valence-corrected chi connectivity index (χ3v) is 4.07. The summed E-state index contributed by atoms with van der Waals surface area (Å²) in [6, 6.07) is 14.4. The van der Waals surface area contributed by atoms with Gasteiger partial charge >= 0.3 is 0 Å². The molecule has 1 atom stereocenters. The van der Waals surface area contributed by atoms with Crippen LogP contribution in [-0.4, -0.2) is 10.2 Å². The van der Waals surface area contributed by atoms with Gasteiger partial charge in [-0.05, 0) is 35.7 Å². The van der Waals surface area contributed by atoms with Crippen molar-refractivity contribution in [3.63, 3.8) is 0 Å². The van der Waals surface area contributed by atoms with E-state index in [0.717, 1.165) is 16.5 Å². The second-order valence-electron chi connectivity index (χ2n) is 4.63. The van der Waals surface area contributed by atoms with Crippen molar-refractivity contribution in [2.75, 3.05) is 0 Å². The molecule has 4 heteroatoms. The van der Waals surface area contributed by atoms with Crippen molar-refractivity contribution >= 4 is 38.4 Å². The maximum Gasteiger partial charge on any atom is 0.0948 e. The van der Waals surface area contributed by atoms with Gasteiger partial charge in [0.25, 0.3) is 0 Å². The average Bonchev–Trinajstić information content (AvgIpc) is 2.47. The molecule has 0 amide bonds. The molecule has 2 aromatic carbocycles. The van der Waals surface area contributed by atoms with E-state index in [-0.39, 0.29) is 4.83 Å². The first kappa shape index (κ1) is 13.5. The van der Waals surface area contributed by atoms with Crippen molar-refractivity contribution in [1.82, 2.24) is 10.2 Å². The fourth-order valence-electron chi connectivity index (χ4n) is 2.29. The van der Waals surface area contributed by atoms with Gasteiger partial charge in [0.05, 0.1) is 16.7 Å². The lowest BCUT2D eigenvalue weighted by molar-refractivity contribution is 1.07. The molecule has 0 saturated carbocycles. The van der Waals surface area contributed by atoms with E-state index in [0.29, 0.717) is 5.02 Å². The minimum atomic E-state index is 0.225. The molecule has 3 aromatic rings. The Morgan fingerprint density at radius 2 is 1.90 bits per heavy atom. The molecular formula is C16H12BrClN2. The molecule has 1 unspecified atom stereocenters. The van der Waals surface area contributed by atoms with Gasteiger partial charge in [0.15, 0.2) is 0 Å². The van der Waals surface area contributed by atoms with Crippen LogP contribution in [0, 0.1) is 0 Å². The summed E-state index contributed by atoms with van der Waals surface area (Å²) in [5.74, 6) is 0. The zero-order chi connectivity index (χ0) is 14.1. The molecule has 2 nitrogen and oxygen atoms in total. The topological polar surface area (TPSA) is 25.8 Å². The highest BCUT2D eigenvalue weighted by Gasteiger charge is 2.13. The van der Waals surface area contributed by atoms with Crippen LogP contribution in [0.15, 0.2) is 48.7 Å². The molecule has 0 spiro atoms. The lowest BCUT2D eigenvalue weighted by Gasteiger charge is -2.13. The Kier molecular flexibility index (Phi) is 3.72. The smallest absolute Gasteiger partial charge is 0.0948 e. The van der Waals surface area contributed by atoms with Crippen LogP contribution in [0.25, 0.3) is 22.0 Å². The van der Waals surface area contributed by atoms with Crippen LogP contribution in [0.5, 0.6) is 0 Å². The summed E-state index contributed by atoms with van der Waals surface area (Å²) in [6.45, 7) is 2.10. The molecule has 0 N–H and O–H groups in total. The summed E-state index contributed by atoms with van der Waals surface area (Å²) in [5.41, 5.74) is 4.33. The van der Waals surface area contributed by atoms with Crippen LogP contribution in [0.3, 0.4) is 0 Å². The Morgan fingerprint density at radius 1 is 1.15 bits per heavy atom. The highest BCUT2D eigenvalue weighted by Crippen LogP contribution is 2.36. The second kappa shape index (κ2) is 5.51. The molecule has 0 radical (unpaired) electrons. The largest absolute Gasteiger partial charge is 0.157 e. The van der Waals surface area contributed by atoms with Crippen molar-refractivity contribution in [2.24, 2.45) is 0 Å². The molecule has 3 rings (SSSR count). The number of fused-ring (bicyclic) bond motifs is 1. The highest BCUT2D eigenvalue weighted by molar-refractivity contribution is 9.09. The predicted octanol–water partition coefficient (Wildman–Crippen LogP) is 5.41. The standard InChI is InChI=1S/C16H12BrClN2/c1-10(17)12-8-16-14(15(18)9-19-20-16)7-13(12)11-5-3-2-4-6-11/h2-10H,1H3. The molecule has 0 aliphatic rings. The molecule has 1 aromatic heterocycles. The van der Waals surface area contributed by atoms with E-state index in [4.69, 9.17) is 11.6 Å². The summed E-state index contributed by atoms with van der Waals surface area (Å²) in [4.78, 5) is 0.225. The van der Waals surface area contributed by atoms with Crippen LogP contribution in [0.4, 0.5) is 0 Å². The zero-order valence-electron chi connectivity index (χ0n) is 10.8. The normalized spacial score (nSPS) is 12.6. The summed E-state index contributed by atoms with van der Waals surface area (Å²) in [5, 5.41) is 9.64. The molecule has 0 aliphatic heterocycles. The molecule has 0 saturated heterocycles. The van der Waals surface area contributed by atoms with E-state index in [1.807, 2.05) is 18.2 Å². The van der Waals surface area contributed by atoms with Gasteiger partial charge in [0.2, 0.25) is 0 Å². The van der Waals surface area contributed by atoms with Gasteiger partial charge in [0, 0.05) is 10.2 Å². The zero-order valence-corrected chi connectivity index (χ0v) is 13.2. The molecule has 0 aliphatic carbocycles. The third-order valence-electron chi connectivity index (χ3n) is 3.28. The quantitative estimate of drug-likeness (QED) is 0.580. The number of aromatic nitrogens is 2. The number of alkyl halides is 1. The van der Waals surface area contributed by atoms with Crippen molar-refractivity contribution in [3.8, 4) is 11.1 Å². The van der Waals surface area contributed by atoms with Crippen molar-refractivity contribution in [3.05, 3.63) is 59.2 Å². The van der Waals surface area contributed by atoms with E-state index in [9.17, 15) is 0 Å². The number of benzene rings is 2. The van der Waals surface area contributed by atoms with E-state index in [1.165, 1.54) is 11.1 Å². The summed E-state index contributed by atoms with van der Waals surface area (Å²) in [6.07, 6.45) is 1.58. The number of hydrogen-bond acceptors (Lipinski definition) is 2. The maximum absolute atomic E-state index is 6.23. The fourth-order valence-corrected chi connectivity index (χ4v) is 2.86. The van der Waals surface area contributed by atoms with E-state index < -0.39 is 0 Å². The lowest BCUT2D eigenvalue weighted by Crippen LogP contribution is -1.93. The van der Waals surface area contributed by atoms with Crippen LogP contribution < -0.4 is 0 Å². The fraction of sp³-hybridized carbons (Fsp3) is 0.125. The predicted molar refractivity (Wildman–Crippen MR) is 87.3 cm³/mol. The minimum absolute atomic E-state index is 0.225. The van der Waals surface area contributed by atoms with Crippen LogP contribution >= 0.6 is 27.5 Å². The first-order valence-corrected chi connectivity index (χ1v) is 7.60. The van der Waals surface area contributed by atoms with E-state index >= 15 is 0 Å². The van der Waals surface area contributed by atoms with Crippen molar-refractivity contribution in [1.29, 1.82) is 0 Å². The molecule has 100 valence electrons. The number of halogens is 2. The monoisotopic (exact) mass is 346 g/mol.